The van der Waals surface area contributed by atoms with E-state index in [-0.39, 0.29) is 23.5 Å². The molecule has 1 amide bonds. The molecule has 4 rings (SSSR count). The highest BCUT2D eigenvalue weighted by molar-refractivity contribution is 7.92. The Kier molecular flexibility index (Phi) is 4.70. The Bertz CT molecular complexity index is 1060. The van der Waals surface area contributed by atoms with E-state index < -0.39 is 10.0 Å². The first-order valence-electron chi connectivity index (χ1n) is 9.50. The molecule has 1 atom stereocenters. The summed E-state index contributed by atoms with van der Waals surface area (Å²) in [4.78, 5) is 24.9. The summed E-state index contributed by atoms with van der Waals surface area (Å²) in [6.07, 6.45) is 2.28. The molecule has 7 nitrogen and oxygen atoms in total. The molecule has 28 heavy (non-hydrogen) atoms. The zero-order valence-electron chi connectivity index (χ0n) is 16.4. The number of hydrogen-bond acceptors (Lipinski definition) is 6. The lowest BCUT2D eigenvalue weighted by atomic mass is 10.1. The van der Waals surface area contributed by atoms with Crippen LogP contribution in [0.1, 0.15) is 53.3 Å². The van der Waals surface area contributed by atoms with Gasteiger partial charge in [-0.1, -0.05) is 0 Å². The smallest absolute Gasteiger partial charge is 0.258 e. The quantitative estimate of drug-likeness (QED) is 0.774. The molecule has 1 fully saturated rings. The van der Waals surface area contributed by atoms with Crippen molar-refractivity contribution < 1.29 is 13.2 Å². The van der Waals surface area contributed by atoms with Crippen LogP contribution in [-0.2, 0) is 16.6 Å². The number of anilines is 1. The third-order valence-electron chi connectivity index (χ3n) is 5.48. The minimum Gasteiger partial charge on any atom is -0.331 e. The fourth-order valence-corrected chi connectivity index (χ4v) is 5.17. The van der Waals surface area contributed by atoms with Crippen molar-refractivity contribution in [3.63, 3.8) is 0 Å². The van der Waals surface area contributed by atoms with Gasteiger partial charge < -0.3 is 4.90 Å². The number of aryl methyl sites for hydroxylation is 2. The molecule has 0 saturated heterocycles. The van der Waals surface area contributed by atoms with Gasteiger partial charge in [0.25, 0.3) is 5.91 Å². The van der Waals surface area contributed by atoms with Gasteiger partial charge in [-0.3, -0.25) is 9.52 Å². The number of aromatic nitrogens is 2. The lowest BCUT2D eigenvalue weighted by Crippen LogP contribution is -2.35. The van der Waals surface area contributed by atoms with Crippen molar-refractivity contribution in [2.45, 2.75) is 53.1 Å². The summed E-state index contributed by atoms with van der Waals surface area (Å²) in [7, 11) is -3.56. The number of carbonyl (C=O) groups excluding carboxylic acids is 1. The average molecular weight is 421 g/mol. The third-order valence-corrected chi connectivity index (χ3v) is 7.84. The van der Waals surface area contributed by atoms with Gasteiger partial charge in [0.2, 0.25) is 10.0 Å². The molecule has 0 spiro atoms. The number of hydrogen-bond donors (Lipinski definition) is 1. The molecular formula is C19H24N4O3S2. The molecule has 0 aromatic carbocycles. The largest absolute Gasteiger partial charge is 0.331 e. The summed E-state index contributed by atoms with van der Waals surface area (Å²) in [5.74, 6) is 0.450. The maximum Gasteiger partial charge on any atom is 0.258 e. The average Bonchev–Trinajstić information content (AvgIpc) is 3.35. The molecule has 150 valence electrons. The molecule has 1 N–H and O–H groups in total. The molecule has 0 unspecified atom stereocenters. The number of amides is 1. The maximum atomic E-state index is 13.1. The highest BCUT2D eigenvalue weighted by Gasteiger charge is 2.40. The van der Waals surface area contributed by atoms with Crippen molar-refractivity contribution in [1.29, 1.82) is 0 Å². The first-order chi connectivity index (χ1) is 13.2. The topological polar surface area (TPSA) is 92.3 Å². The molecule has 9 heteroatoms. The number of sulfonamides is 1. The van der Waals surface area contributed by atoms with Gasteiger partial charge in [0.1, 0.15) is 0 Å². The predicted molar refractivity (Wildman–Crippen MR) is 110 cm³/mol. The lowest BCUT2D eigenvalue weighted by Gasteiger charge is -2.24. The molecule has 1 aliphatic heterocycles. The zero-order valence-corrected chi connectivity index (χ0v) is 18.1. The molecule has 1 saturated carbocycles. The van der Waals surface area contributed by atoms with Crippen LogP contribution in [0.25, 0.3) is 10.6 Å². The van der Waals surface area contributed by atoms with E-state index in [9.17, 15) is 13.2 Å². The second-order valence-corrected chi connectivity index (χ2v) is 10.8. The SMILES string of the molecule is CCS(=O)(=O)Nc1nc(-c2sc(C)nc2C)cc2c1C(=O)N([C@H](C)C1CC1)C2. The fourth-order valence-electron chi connectivity index (χ4n) is 3.70. The minimum absolute atomic E-state index is 0.0806. The highest BCUT2D eigenvalue weighted by atomic mass is 32.2. The number of carbonyl (C=O) groups is 1. The summed E-state index contributed by atoms with van der Waals surface area (Å²) < 4.78 is 27.0. The van der Waals surface area contributed by atoms with Crippen LogP contribution in [0.2, 0.25) is 0 Å². The van der Waals surface area contributed by atoms with Crippen molar-refractivity contribution >= 4 is 33.1 Å². The van der Waals surface area contributed by atoms with Crippen LogP contribution >= 0.6 is 11.3 Å². The summed E-state index contributed by atoms with van der Waals surface area (Å²) in [6, 6.07) is 2.06. The van der Waals surface area contributed by atoms with E-state index in [0.717, 1.165) is 34.0 Å². The standard InChI is InChI=1S/C19H24N4O3S2/c1-5-28(25,26)22-18-16-14(9-23(19(16)24)11(3)13-6-7-13)8-15(21-18)17-10(2)20-12(4)27-17/h8,11,13H,5-7,9H2,1-4H3,(H,21,22)/t11-/m1/s1. The van der Waals surface area contributed by atoms with Crippen molar-refractivity contribution in [3.8, 4) is 10.6 Å². The van der Waals surface area contributed by atoms with Crippen molar-refractivity contribution in [3.05, 3.63) is 27.9 Å². The molecule has 3 heterocycles. The third kappa shape index (κ3) is 3.41. The van der Waals surface area contributed by atoms with Crippen LogP contribution in [-0.4, -0.2) is 41.0 Å². The molecule has 1 aliphatic carbocycles. The van der Waals surface area contributed by atoms with Gasteiger partial charge in [-0.15, -0.1) is 11.3 Å². The fraction of sp³-hybridized carbons (Fsp3) is 0.526. The number of thiazole rings is 1. The zero-order chi connectivity index (χ0) is 20.2. The summed E-state index contributed by atoms with van der Waals surface area (Å²) in [6.45, 7) is 7.96. The number of pyridine rings is 1. The lowest BCUT2D eigenvalue weighted by molar-refractivity contribution is 0.0698. The molecule has 2 aromatic heterocycles. The molecule has 0 bridgehead atoms. The second-order valence-electron chi connectivity index (χ2n) is 7.55. The summed E-state index contributed by atoms with van der Waals surface area (Å²) in [5, 5.41) is 0.922. The molecular weight excluding hydrogens is 396 g/mol. The number of rotatable bonds is 6. The van der Waals surface area contributed by atoms with Crippen molar-refractivity contribution in [1.82, 2.24) is 14.9 Å². The Morgan fingerprint density at radius 2 is 2.04 bits per heavy atom. The Balaban J connectivity index is 1.82. The Morgan fingerprint density at radius 1 is 1.32 bits per heavy atom. The normalized spacial score (nSPS) is 17.7. The van der Waals surface area contributed by atoms with Crippen LogP contribution < -0.4 is 4.72 Å². The van der Waals surface area contributed by atoms with Gasteiger partial charge in [0.15, 0.2) is 5.82 Å². The van der Waals surface area contributed by atoms with E-state index >= 15 is 0 Å². The van der Waals surface area contributed by atoms with E-state index in [0.29, 0.717) is 23.7 Å². The van der Waals surface area contributed by atoms with Crippen LogP contribution in [0.15, 0.2) is 6.07 Å². The summed E-state index contributed by atoms with van der Waals surface area (Å²) >= 11 is 1.52. The van der Waals surface area contributed by atoms with Gasteiger partial charge in [0.05, 0.1) is 32.6 Å². The van der Waals surface area contributed by atoms with E-state index in [1.54, 1.807) is 6.92 Å². The Morgan fingerprint density at radius 3 is 2.61 bits per heavy atom. The van der Waals surface area contributed by atoms with Gasteiger partial charge in [0, 0.05) is 12.6 Å². The second kappa shape index (κ2) is 6.81. The Hall–Kier alpha value is -2.00. The first-order valence-corrected chi connectivity index (χ1v) is 12.0. The Labute approximate surface area is 169 Å². The van der Waals surface area contributed by atoms with Crippen LogP contribution in [0.5, 0.6) is 0 Å². The molecule has 2 aromatic rings. The van der Waals surface area contributed by atoms with E-state index in [4.69, 9.17) is 0 Å². The summed E-state index contributed by atoms with van der Waals surface area (Å²) in [5.41, 5.74) is 2.71. The first kappa shape index (κ1) is 19.3. The van der Waals surface area contributed by atoms with E-state index in [2.05, 4.69) is 21.6 Å². The number of fused-ring (bicyclic) bond motifs is 1. The number of nitrogens with zero attached hydrogens (tertiary/aromatic N) is 3. The van der Waals surface area contributed by atoms with E-state index in [1.807, 2.05) is 24.8 Å². The van der Waals surface area contributed by atoms with Gasteiger partial charge in [-0.2, -0.15) is 0 Å². The molecule has 2 aliphatic rings. The maximum absolute atomic E-state index is 13.1. The van der Waals surface area contributed by atoms with E-state index in [1.165, 1.54) is 11.3 Å². The molecule has 0 radical (unpaired) electrons. The minimum atomic E-state index is -3.56. The van der Waals surface area contributed by atoms with Gasteiger partial charge >= 0.3 is 0 Å². The van der Waals surface area contributed by atoms with Crippen LogP contribution in [0.3, 0.4) is 0 Å². The number of nitrogens with one attached hydrogen (secondary N) is 1. The van der Waals surface area contributed by atoms with Gasteiger partial charge in [-0.05, 0) is 58.1 Å². The van der Waals surface area contributed by atoms with Crippen molar-refractivity contribution in [2.24, 2.45) is 5.92 Å². The monoisotopic (exact) mass is 420 g/mol. The predicted octanol–water partition coefficient (Wildman–Crippen LogP) is 3.34. The van der Waals surface area contributed by atoms with Crippen LogP contribution in [0.4, 0.5) is 5.82 Å². The van der Waals surface area contributed by atoms with Crippen molar-refractivity contribution in [2.75, 3.05) is 10.5 Å². The van der Waals surface area contributed by atoms with Gasteiger partial charge in [-0.25, -0.2) is 18.4 Å². The van der Waals surface area contributed by atoms with Crippen LogP contribution in [0, 0.1) is 19.8 Å². The highest BCUT2D eigenvalue weighted by Crippen LogP contribution is 2.41.